The normalized spacial score (nSPS) is 12.4. The van der Waals surface area contributed by atoms with Crippen LogP contribution in [0.5, 0.6) is 5.75 Å². The number of nitrogens with zero attached hydrogens (tertiary/aromatic N) is 3. The maximum absolute atomic E-state index is 5.38. The number of para-hydroxylation sites is 1. The molecule has 0 radical (unpaired) electrons. The zero-order valence-electron chi connectivity index (χ0n) is 10.2. The molecule has 0 aliphatic heterocycles. The van der Waals surface area contributed by atoms with E-state index in [1.165, 1.54) is 0 Å². The molecule has 0 saturated carbocycles. The van der Waals surface area contributed by atoms with Gasteiger partial charge in [-0.3, -0.25) is 4.68 Å². The van der Waals surface area contributed by atoms with Crippen molar-refractivity contribution in [3.8, 4) is 5.75 Å². The van der Waals surface area contributed by atoms with Gasteiger partial charge in [0, 0.05) is 12.6 Å². The molecule has 1 heterocycles. The Hall–Kier alpha value is -1.88. The molecular weight excluding hydrogens is 216 g/mol. The Labute approximate surface area is 100 Å². The van der Waals surface area contributed by atoms with E-state index in [2.05, 4.69) is 15.6 Å². The van der Waals surface area contributed by atoms with E-state index in [-0.39, 0.29) is 6.04 Å². The highest BCUT2D eigenvalue weighted by Gasteiger charge is 2.19. The van der Waals surface area contributed by atoms with Crippen LogP contribution in [0, 0.1) is 0 Å². The Kier molecular flexibility index (Phi) is 3.39. The average molecular weight is 232 g/mol. The summed E-state index contributed by atoms with van der Waals surface area (Å²) in [4.78, 5) is 0. The van der Waals surface area contributed by atoms with Gasteiger partial charge in [-0.25, -0.2) is 0 Å². The maximum Gasteiger partial charge on any atom is 0.124 e. The predicted octanol–water partition coefficient (Wildman–Crippen LogP) is 1.13. The molecule has 0 fully saturated rings. The average Bonchev–Trinajstić information content (AvgIpc) is 2.78. The molecule has 0 spiro atoms. The van der Waals surface area contributed by atoms with Crippen LogP contribution in [0.2, 0.25) is 0 Å². The van der Waals surface area contributed by atoms with Gasteiger partial charge in [0.05, 0.1) is 25.0 Å². The molecule has 1 aromatic carbocycles. The number of aromatic nitrogens is 3. The molecule has 5 nitrogen and oxygen atoms in total. The van der Waals surface area contributed by atoms with Crippen LogP contribution in [0.25, 0.3) is 0 Å². The third-order valence-corrected chi connectivity index (χ3v) is 2.78. The first-order chi connectivity index (χ1) is 8.27. The van der Waals surface area contributed by atoms with E-state index in [9.17, 15) is 0 Å². The quantitative estimate of drug-likeness (QED) is 0.858. The number of nitrogens with one attached hydrogen (secondary N) is 1. The second kappa shape index (κ2) is 4.97. The van der Waals surface area contributed by atoms with Crippen LogP contribution in [0.1, 0.15) is 17.3 Å². The summed E-state index contributed by atoms with van der Waals surface area (Å²) in [6.45, 7) is 0. The van der Waals surface area contributed by atoms with Crippen molar-refractivity contribution in [1.82, 2.24) is 20.3 Å². The Morgan fingerprint density at radius 2 is 2.12 bits per heavy atom. The van der Waals surface area contributed by atoms with E-state index in [1.807, 2.05) is 38.4 Å². The Bertz CT molecular complexity index is 495. The van der Waals surface area contributed by atoms with Crippen molar-refractivity contribution in [2.75, 3.05) is 14.2 Å². The Morgan fingerprint density at radius 1 is 1.35 bits per heavy atom. The number of hydrogen-bond donors (Lipinski definition) is 1. The number of aryl methyl sites for hydroxylation is 1. The minimum atomic E-state index is 0.0196. The lowest BCUT2D eigenvalue weighted by Crippen LogP contribution is -2.21. The summed E-state index contributed by atoms with van der Waals surface area (Å²) in [6, 6.07) is 7.95. The highest BCUT2D eigenvalue weighted by atomic mass is 16.5. The van der Waals surface area contributed by atoms with Crippen LogP contribution in [-0.4, -0.2) is 29.2 Å². The first kappa shape index (κ1) is 11.6. The zero-order valence-corrected chi connectivity index (χ0v) is 10.2. The molecule has 0 bridgehead atoms. The van der Waals surface area contributed by atoms with Crippen LogP contribution in [-0.2, 0) is 7.05 Å². The lowest BCUT2D eigenvalue weighted by molar-refractivity contribution is 0.404. The molecule has 2 rings (SSSR count). The Balaban J connectivity index is 2.46. The minimum Gasteiger partial charge on any atom is -0.496 e. The standard InChI is InChI=1S/C12H16N4O/c1-13-12(10-8-14-15-16(10)2)9-6-4-5-7-11(9)17-3/h4-8,12-13H,1-3H3. The molecule has 1 N–H and O–H groups in total. The van der Waals surface area contributed by atoms with Crippen molar-refractivity contribution in [2.45, 2.75) is 6.04 Å². The lowest BCUT2D eigenvalue weighted by atomic mass is 10.0. The summed E-state index contributed by atoms with van der Waals surface area (Å²) in [5.74, 6) is 0.855. The van der Waals surface area contributed by atoms with Gasteiger partial charge in [0.2, 0.25) is 0 Å². The van der Waals surface area contributed by atoms with Crippen molar-refractivity contribution >= 4 is 0 Å². The summed E-state index contributed by atoms with van der Waals surface area (Å²) >= 11 is 0. The van der Waals surface area contributed by atoms with E-state index in [1.54, 1.807) is 18.0 Å². The van der Waals surface area contributed by atoms with Crippen molar-refractivity contribution < 1.29 is 4.74 Å². The van der Waals surface area contributed by atoms with Gasteiger partial charge >= 0.3 is 0 Å². The van der Waals surface area contributed by atoms with Crippen LogP contribution in [0.4, 0.5) is 0 Å². The van der Waals surface area contributed by atoms with E-state index < -0.39 is 0 Å². The van der Waals surface area contributed by atoms with Crippen molar-refractivity contribution in [1.29, 1.82) is 0 Å². The van der Waals surface area contributed by atoms with E-state index >= 15 is 0 Å². The second-order valence-electron chi connectivity index (χ2n) is 3.75. The number of benzene rings is 1. The number of rotatable bonds is 4. The fraction of sp³-hybridized carbons (Fsp3) is 0.333. The molecule has 0 amide bonds. The van der Waals surface area contributed by atoms with E-state index in [4.69, 9.17) is 4.74 Å². The molecule has 1 atom stereocenters. The maximum atomic E-state index is 5.38. The molecule has 5 heteroatoms. The summed E-state index contributed by atoms with van der Waals surface area (Å²) in [5, 5.41) is 11.1. The van der Waals surface area contributed by atoms with Gasteiger partial charge in [0.15, 0.2) is 0 Å². The fourth-order valence-corrected chi connectivity index (χ4v) is 1.93. The molecule has 17 heavy (non-hydrogen) atoms. The number of ether oxygens (including phenoxy) is 1. The SMILES string of the molecule is CNC(c1ccccc1OC)c1cnnn1C. The molecule has 2 aromatic rings. The van der Waals surface area contributed by atoms with Crippen molar-refractivity contribution in [3.05, 3.63) is 41.7 Å². The molecule has 0 aliphatic rings. The van der Waals surface area contributed by atoms with Gasteiger partial charge < -0.3 is 10.1 Å². The molecule has 90 valence electrons. The van der Waals surface area contributed by atoms with Crippen molar-refractivity contribution in [3.63, 3.8) is 0 Å². The first-order valence-electron chi connectivity index (χ1n) is 5.42. The second-order valence-corrected chi connectivity index (χ2v) is 3.75. The third kappa shape index (κ3) is 2.14. The van der Waals surface area contributed by atoms with Crippen LogP contribution in [0.15, 0.2) is 30.5 Å². The first-order valence-corrected chi connectivity index (χ1v) is 5.42. The highest BCUT2D eigenvalue weighted by Crippen LogP contribution is 2.28. The minimum absolute atomic E-state index is 0.0196. The van der Waals surface area contributed by atoms with Crippen LogP contribution < -0.4 is 10.1 Å². The number of hydrogen-bond acceptors (Lipinski definition) is 4. The number of methoxy groups -OCH3 is 1. The zero-order chi connectivity index (χ0) is 12.3. The highest BCUT2D eigenvalue weighted by molar-refractivity contribution is 5.39. The molecule has 0 aliphatic carbocycles. The topological polar surface area (TPSA) is 52.0 Å². The largest absolute Gasteiger partial charge is 0.496 e. The molecule has 1 aromatic heterocycles. The summed E-state index contributed by atoms with van der Waals surface area (Å²) in [5.41, 5.74) is 2.07. The van der Waals surface area contributed by atoms with Gasteiger partial charge in [0.1, 0.15) is 5.75 Å². The van der Waals surface area contributed by atoms with Gasteiger partial charge in [0.25, 0.3) is 0 Å². The summed E-state index contributed by atoms with van der Waals surface area (Å²) in [6.07, 6.45) is 1.76. The lowest BCUT2D eigenvalue weighted by Gasteiger charge is -2.18. The van der Waals surface area contributed by atoms with Gasteiger partial charge in [-0.2, -0.15) is 0 Å². The van der Waals surface area contributed by atoms with Crippen LogP contribution >= 0.6 is 0 Å². The summed E-state index contributed by atoms with van der Waals surface area (Å²) in [7, 11) is 5.46. The fourth-order valence-electron chi connectivity index (χ4n) is 1.93. The smallest absolute Gasteiger partial charge is 0.124 e. The van der Waals surface area contributed by atoms with E-state index in [0.29, 0.717) is 0 Å². The summed E-state index contributed by atoms with van der Waals surface area (Å²) < 4.78 is 7.13. The molecular formula is C12H16N4O. The predicted molar refractivity (Wildman–Crippen MR) is 64.9 cm³/mol. The van der Waals surface area contributed by atoms with Gasteiger partial charge in [-0.05, 0) is 13.1 Å². The van der Waals surface area contributed by atoms with Crippen molar-refractivity contribution in [2.24, 2.45) is 7.05 Å². The van der Waals surface area contributed by atoms with Gasteiger partial charge in [-0.1, -0.05) is 23.4 Å². The van der Waals surface area contributed by atoms with Gasteiger partial charge in [-0.15, -0.1) is 5.10 Å². The molecule has 0 saturated heterocycles. The Morgan fingerprint density at radius 3 is 2.71 bits per heavy atom. The molecule has 1 unspecified atom stereocenters. The van der Waals surface area contributed by atoms with Crippen LogP contribution in [0.3, 0.4) is 0 Å². The monoisotopic (exact) mass is 232 g/mol. The van der Waals surface area contributed by atoms with E-state index in [0.717, 1.165) is 17.0 Å². The third-order valence-electron chi connectivity index (χ3n) is 2.78.